The number of benzene rings is 1. The highest BCUT2D eigenvalue weighted by molar-refractivity contribution is 6.10. The van der Waals surface area contributed by atoms with Gasteiger partial charge in [-0.2, -0.15) is 0 Å². The molecule has 1 unspecified atom stereocenters. The predicted octanol–water partition coefficient (Wildman–Crippen LogP) is 2.66. The van der Waals surface area contributed by atoms with Gasteiger partial charge in [-0.3, -0.25) is 4.79 Å². The summed E-state index contributed by atoms with van der Waals surface area (Å²) in [6.07, 6.45) is 0. The van der Waals surface area contributed by atoms with Gasteiger partial charge in [0, 0.05) is 16.6 Å². The second-order valence-corrected chi connectivity index (χ2v) is 6.29. The fourth-order valence-corrected chi connectivity index (χ4v) is 3.04. The summed E-state index contributed by atoms with van der Waals surface area (Å²) in [7, 11) is 2.03. The number of likely N-dealkylation sites (N-methyl/N-ethyl adjacent to an activating group) is 1. The molecule has 2 atom stereocenters. The Kier molecular flexibility index (Phi) is 4.09. The Labute approximate surface area is 136 Å². The smallest absolute Gasteiger partial charge is 0.222 e. The molecule has 2 N–H and O–H groups in total. The average molecular weight is 311 g/mol. The Hall–Kier alpha value is -2.33. The van der Waals surface area contributed by atoms with E-state index in [9.17, 15) is 4.79 Å². The van der Waals surface area contributed by atoms with Gasteiger partial charge in [0.25, 0.3) is 0 Å². The molecule has 4 nitrogen and oxygen atoms in total. The van der Waals surface area contributed by atoms with E-state index in [1.807, 2.05) is 64.2 Å². The summed E-state index contributed by atoms with van der Waals surface area (Å²) in [5, 5.41) is 1.00. The lowest BCUT2D eigenvalue weighted by Gasteiger charge is -2.19. The zero-order valence-electron chi connectivity index (χ0n) is 14.1. The van der Waals surface area contributed by atoms with Crippen LogP contribution in [0.3, 0.4) is 0 Å². The minimum absolute atomic E-state index is 0.140. The number of hydrogen-bond donors (Lipinski definition) is 2. The Balaban J connectivity index is 1.84. The summed E-state index contributed by atoms with van der Waals surface area (Å²) in [5.74, 6) is 1.98. The lowest BCUT2D eigenvalue weighted by atomic mass is 10.0. The van der Waals surface area contributed by atoms with Crippen LogP contribution in [-0.2, 0) is 6.54 Å². The number of hydrogen-bond acceptors (Lipinski definition) is 2. The second kappa shape index (κ2) is 6.05. The van der Waals surface area contributed by atoms with Crippen molar-refractivity contribution in [2.24, 2.45) is 0 Å². The van der Waals surface area contributed by atoms with Gasteiger partial charge in [0.05, 0.1) is 12.6 Å². The van der Waals surface area contributed by atoms with Crippen LogP contribution in [-0.4, -0.2) is 23.9 Å². The van der Waals surface area contributed by atoms with Gasteiger partial charge in [-0.1, -0.05) is 18.2 Å². The van der Waals surface area contributed by atoms with Crippen LogP contribution in [0, 0.1) is 13.8 Å². The van der Waals surface area contributed by atoms with Gasteiger partial charge < -0.3 is 14.3 Å². The zero-order valence-corrected chi connectivity index (χ0v) is 14.1. The third-order valence-electron chi connectivity index (χ3n) is 4.52. The molecule has 3 rings (SSSR count). The van der Waals surface area contributed by atoms with Crippen molar-refractivity contribution in [1.29, 1.82) is 0 Å². The van der Waals surface area contributed by atoms with E-state index in [1.54, 1.807) is 0 Å². The van der Waals surface area contributed by atoms with E-state index in [2.05, 4.69) is 4.98 Å². The van der Waals surface area contributed by atoms with Crippen LogP contribution in [0.2, 0.25) is 0 Å². The molecule has 0 amide bonds. The monoisotopic (exact) mass is 311 g/mol. The number of fused-ring (bicyclic) bond motifs is 1. The number of nitrogens with one attached hydrogen (secondary N) is 2. The van der Waals surface area contributed by atoms with Gasteiger partial charge in [0.2, 0.25) is 5.78 Å². The van der Waals surface area contributed by atoms with E-state index in [1.165, 1.54) is 0 Å². The van der Waals surface area contributed by atoms with Gasteiger partial charge >= 0.3 is 0 Å². The topological polar surface area (TPSA) is 50.4 Å². The summed E-state index contributed by atoms with van der Waals surface area (Å²) in [6.45, 7) is 6.57. The number of H-pyrrole nitrogens is 1. The first kappa shape index (κ1) is 15.6. The molecule has 0 aliphatic heterocycles. The van der Waals surface area contributed by atoms with E-state index in [4.69, 9.17) is 4.42 Å². The van der Waals surface area contributed by atoms with Crippen LogP contribution in [0.5, 0.6) is 0 Å². The SMILES string of the molecule is Cc1ccc(C[NH+](C)[C@H](C)C(=O)c2c(C)[nH]c3ccccc23)o1. The lowest BCUT2D eigenvalue weighted by Crippen LogP contribution is -3.12. The maximum atomic E-state index is 13.0. The quantitative estimate of drug-likeness (QED) is 0.712. The first-order chi connectivity index (χ1) is 11.0. The first-order valence-electron chi connectivity index (χ1n) is 7.96. The van der Waals surface area contributed by atoms with Crippen LogP contribution >= 0.6 is 0 Å². The molecule has 4 heteroatoms. The number of quaternary nitrogens is 1. The maximum Gasteiger partial charge on any atom is 0.222 e. The number of rotatable bonds is 5. The summed E-state index contributed by atoms with van der Waals surface area (Å²) < 4.78 is 5.63. The number of Topliss-reactive ketones (excluding diaryl/α,β-unsaturated/α-hetero) is 1. The fourth-order valence-electron chi connectivity index (χ4n) is 3.04. The molecule has 23 heavy (non-hydrogen) atoms. The molecule has 0 aliphatic carbocycles. The number of carbonyl (C=O) groups is 1. The summed E-state index contributed by atoms with van der Waals surface area (Å²) >= 11 is 0. The van der Waals surface area contributed by atoms with Gasteiger partial charge in [0.1, 0.15) is 18.3 Å². The minimum atomic E-state index is -0.140. The molecule has 0 bridgehead atoms. The third kappa shape index (κ3) is 2.94. The number of aryl methyl sites for hydroxylation is 2. The largest absolute Gasteiger partial charge is 0.460 e. The molecule has 2 heterocycles. The van der Waals surface area contributed by atoms with Crippen LogP contribution in [0.4, 0.5) is 0 Å². The van der Waals surface area contributed by atoms with Crippen molar-refractivity contribution in [2.75, 3.05) is 7.05 Å². The highest BCUT2D eigenvalue weighted by atomic mass is 16.3. The summed E-state index contributed by atoms with van der Waals surface area (Å²) in [5.41, 5.74) is 2.76. The highest BCUT2D eigenvalue weighted by Crippen LogP contribution is 2.22. The van der Waals surface area contributed by atoms with Gasteiger partial charge in [-0.25, -0.2) is 0 Å². The Morgan fingerprint density at radius 2 is 1.96 bits per heavy atom. The average Bonchev–Trinajstić information content (AvgIpc) is 3.07. The summed E-state index contributed by atoms with van der Waals surface area (Å²) in [6, 6.07) is 11.8. The van der Waals surface area contributed by atoms with Gasteiger partial charge in [0.15, 0.2) is 5.76 Å². The Morgan fingerprint density at radius 1 is 1.22 bits per heavy atom. The summed E-state index contributed by atoms with van der Waals surface area (Å²) in [4.78, 5) is 17.4. The van der Waals surface area contributed by atoms with Crippen molar-refractivity contribution in [2.45, 2.75) is 33.4 Å². The van der Waals surface area contributed by atoms with Gasteiger partial charge in [-0.05, 0) is 39.0 Å². The number of aromatic amines is 1. The van der Waals surface area contributed by atoms with Crippen molar-refractivity contribution in [3.8, 4) is 0 Å². The zero-order chi connectivity index (χ0) is 16.6. The number of furan rings is 1. The minimum Gasteiger partial charge on any atom is -0.460 e. The van der Waals surface area contributed by atoms with Crippen LogP contribution in [0.25, 0.3) is 10.9 Å². The van der Waals surface area contributed by atoms with Crippen molar-refractivity contribution in [3.05, 3.63) is 59.2 Å². The number of carbonyl (C=O) groups excluding carboxylic acids is 1. The molecule has 0 saturated heterocycles. The second-order valence-electron chi connectivity index (χ2n) is 6.29. The highest BCUT2D eigenvalue weighted by Gasteiger charge is 2.27. The van der Waals surface area contributed by atoms with Crippen LogP contribution < -0.4 is 4.90 Å². The van der Waals surface area contributed by atoms with Gasteiger partial charge in [-0.15, -0.1) is 0 Å². The molecule has 0 aliphatic rings. The lowest BCUT2D eigenvalue weighted by molar-refractivity contribution is -0.908. The molecule has 0 radical (unpaired) electrons. The van der Waals surface area contributed by atoms with E-state index < -0.39 is 0 Å². The van der Waals surface area contributed by atoms with E-state index in [-0.39, 0.29) is 11.8 Å². The number of para-hydroxylation sites is 1. The maximum absolute atomic E-state index is 13.0. The van der Waals surface area contributed by atoms with Crippen LogP contribution in [0.15, 0.2) is 40.8 Å². The first-order valence-corrected chi connectivity index (χ1v) is 7.96. The normalized spacial score (nSPS) is 14.1. The molecular weight excluding hydrogens is 288 g/mol. The van der Waals surface area contributed by atoms with E-state index >= 15 is 0 Å². The van der Waals surface area contributed by atoms with E-state index in [0.717, 1.165) is 38.6 Å². The molecular formula is C19H23N2O2+. The Morgan fingerprint density at radius 3 is 2.65 bits per heavy atom. The van der Waals surface area contributed by atoms with Crippen molar-refractivity contribution in [3.63, 3.8) is 0 Å². The predicted molar refractivity (Wildman–Crippen MR) is 90.9 cm³/mol. The third-order valence-corrected chi connectivity index (χ3v) is 4.52. The molecule has 0 saturated carbocycles. The standard InChI is InChI=1S/C19H22N2O2/c1-12-9-10-15(23-12)11-21(4)14(3)19(22)18-13(2)20-17-8-6-5-7-16(17)18/h5-10,14,20H,11H2,1-4H3/p+1/t14-/m1/s1. The fraction of sp³-hybridized carbons (Fsp3) is 0.316. The number of aromatic nitrogens is 1. The molecule has 2 aromatic heterocycles. The Bertz CT molecular complexity index is 844. The molecule has 0 spiro atoms. The molecule has 0 fully saturated rings. The molecule has 3 aromatic rings. The van der Waals surface area contributed by atoms with Crippen molar-refractivity contribution < 1.29 is 14.1 Å². The van der Waals surface area contributed by atoms with Crippen molar-refractivity contribution >= 4 is 16.7 Å². The van der Waals surface area contributed by atoms with E-state index in [0.29, 0.717) is 6.54 Å². The molecule has 120 valence electrons. The van der Waals surface area contributed by atoms with Crippen molar-refractivity contribution in [1.82, 2.24) is 4.98 Å². The number of ketones is 1. The molecule has 1 aromatic carbocycles. The van der Waals surface area contributed by atoms with Crippen LogP contribution in [0.1, 0.15) is 34.5 Å².